The van der Waals surface area contributed by atoms with Crippen LogP contribution in [0.3, 0.4) is 0 Å². The molecule has 1 saturated carbocycles. The van der Waals surface area contributed by atoms with E-state index in [2.05, 4.69) is 32.9 Å². The van der Waals surface area contributed by atoms with Crippen molar-refractivity contribution in [3.05, 3.63) is 28.2 Å². The van der Waals surface area contributed by atoms with Crippen LogP contribution in [-0.4, -0.2) is 24.6 Å². The van der Waals surface area contributed by atoms with Gasteiger partial charge in [0.15, 0.2) is 5.84 Å². The average molecular weight is 312 g/mol. The highest BCUT2D eigenvalue weighted by Gasteiger charge is 2.33. The largest absolute Gasteiger partial charge is 0.409 e. The summed E-state index contributed by atoms with van der Waals surface area (Å²) in [4.78, 5) is 2.17. The molecule has 1 aromatic rings. The van der Waals surface area contributed by atoms with Gasteiger partial charge in [0.05, 0.1) is 5.56 Å². The highest BCUT2D eigenvalue weighted by Crippen LogP contribution is 2.39. The Morgan fingerprint density at radius 2 is 2.28 bits per heavy atom. The Bertz CT molecular complexity index is 475. The lowest BCUT2D eigenvalue weighted by atomic mass is 10.1. The molecule has 2 rings (SSSR count). The molecule has 1 fully saturated rings. The summed E-state index contributed by atoms with van der Waals surface area (Å²) < 4.78 is 0.839. The van der Waals surface area contributed by atoms with E-state index in [-0.39, 0.29) is 5.84 Å². The molecule has 0 aromatic heterocycles. The quantitative estimate of drug-likeness (QED) is 0.389. The van der Waals surface area contributed by atoms with Crippen LogP contribution < -0.4 is 10.6 Å². The van der Waals surface area contributed by atoms with Gasteiger partial charge in [-0.3, -0.25) is 0 Å². The Labute approximate surface area is 116 Å². The van der Waals surface area contributed by atoms with Gasteiger partial charge in [-0.25, -0.2) is 0 Å². The number of hydrogen-bond acceptors (Lipinski definition) is 3. The first kappa shape index (κ1) is 13.2. The highest BCUT2D eigenvalue weighted by molar-refractivity contribution is 9.10. The van der Waals surface area contributed by atoms with Gasteiger partial charge >= 0.3 is 0 Å². The summed E-state index contributed by atoms with van der Waals surface area (Å²) in [6.07, 6.45) is 1.29. The topological polar surface area (TPSA) is 61.8 Å². The van der Waals surface area contributed by atoms with E-state index in [1.807, 2.05) is 25.2 Å². The van der Waals surface area contributed by atoms with Crippen LogP contribution >= 0.6 is 15.9 Å². The molecule has 0 radical (unpaired) electrons. The highest BCUT2D eigenvalue weighted by atomic mass is 79.9. The standard InChI is InChI=1S/C13H18BrN3O/c1-8-6-9(8)7-17(2)11-5-3-4-10(14)12(11)13(15)16-18/h3-5,8-9,18H,6-7H2,1-2H3,(H2,15,16). The first-order chi connectivity index (χ1) is 8.54. The van der Waals surface area contributed by atoms with E-state index in [1.54, 1.807) is 0 Å². The summed E-state index contributed by atoms with van der Waals surface area (Å²) in [6.45, 7) is 3.27. The number of halogens is 1. The predicted octanol–water partition coefficient (Wildman–Crippen LogP) is 2.64. The third-order valence-electron chi connectivity index (χ3n) is 3.55. The van der Waals surface area contributed by atoms with Crippen LogP contribution in [-0.2, 0) is 0 Å². The third-order valence-corrected chi connectivity index (χ3v) is 4.21. The lowest BCUT2D eigenvalue weighted by molar-refractivity contribution is 0.318. The van der Waals surface area contributed by atoms with Gasteiger partial charge in [-0.2, -0.15) is 0 Å². The summed E-state index contributed by atoms with van der Waals surface area (Å²) in [5, 5.41) is 12.0. The molecule has 0 amide bonds. The maximum absolute atomic E-state index is 8.88. The Morgan fingerprint density at radius 1 is 1.61 bits per heavy atom. The molecule has 2 atom stereocenters. The Kier molecular flexibility index (Phi) is 3.80. The SMILES string of the molecule is CC1CC1CN(C)c1cccc(Br)c1/C(N)=N/O. The number of rotatable bonds is 4. The second-order valence-electron chi connectivity index (χ2n) is 4.97. The van der Waals surface area contributed by atoms with Crippen molar-refractivity contribution in [2.75, 3.05) is 18.5 Å². The molecule has 0 heterocycles. The number of hydrogen-bond donors (Lipinski definition) is 2. The first-order valence-electron chi connectivity index (χ1n) is 6.02. The van der Waals surface area contributed by atoms with Crippen molar-refractivity contribution in [3.8, 4) is 0 Å². The number of amidine groups is 1. The minimum absolute atomic E-state index is 0.133. The summed E-state index contributed by atoms with van der Waals surface area (Å²) in [6, 6.07) is 5.84. The molecule has 5 heteroatoms. The summed E-state index contributed by atoms with van der Waals surface area (Å²) in [7, 11) is 2.04. The van der Waals surface area contributed by atoms with E-state index in [4.69, 9.17) is 10.9 Å². The predicted molar refractivity (Wildman–Crippen MR) is 77.2 cm³/mol. The molecule has 0 saturated heterocycles. The van der Waals surface area contributed by atoms with Crippen molar-refractivity contribution in [2.45, 2.75) is 13.3 Å². The van der Waals surface area contributed by atoms with Gasteiger partial charge in [0.2, 0.25) is 0 Å². The Balaban J connectivity index is 2.28. The maximum atomic E-state index is 8.88. The molecule has 1 aromatic carbocycles. The fourth-order valence-corrected chi connectivity index (χ4v) is 2.80. The Hall–Kier alpha value is -1.23. The van der Waals surface area contributed by atoms with Gasteiger partial charge in [0.1, 0.15) is 0 Å². The fraction of sp³-hybridized carbons (Fsp3) is 0.462. The zero-order valence-corrected chi connectivity index (χ0v) is 12.2. The number of nitrogens with two attached hydrogens (primary N) is 1. The first-order valence-corrected chi connectivity index (χ1v) is 6.81. The van der Waals surface area contributed by atoms with Crippen molar-refractivity contribution >= 4 is 27.5 Å². The van der Waals surface area contributed by atoms with Crippen LogP contribution in [0.1, 0.15) is 18.9 Å². The molecule has 1 aliphatic rings. The lowest BCUT2D eigenvalue weighted by Crippen LogP contribution is -2.25. The summed E-state index contributed by atoms with van der Waals surface area (Å²) in [5.41, 5.74) is 7.48. The van der Waals surface area contributed by atoms with E-state index in [9.17, 15) is 0 Å². The zero-order chi connectivity index (χ0) is 13.3. The molecular weight excluding hydrogens is 294 g/mol. The number of anilines is 1. The molecule has 18 heavy (non-hydrogen) atoms. The third kappa shape index (κ3) is 2.61. The zero-order valence-electron chi connectivity index (χ0n) is 10.6. The van der Waals surface area contributed by atoms with Gasteiger partial charge in [0.25, 0.3) is 0 Å². The summed E-state index contributed by atoms with van der Waals surface area (Å²) in [5.74, 6) is 1.70. The molecule has 0 aliphatic heterocycles. The van der Waals surface area contributed by atoms with Crippen molar-refractivity contribution in [1.82, 2.24) is 0 Å². The van der Waals surface area contributed by atoms with Crippen LogP contribution in [0.4, 0.5) is 5.69 Å². The second kappa shape index (κ2) is 5.18. The second-order valence-corrected chi connectivity index (χ2v) is 5.83. The molecule has 0 spiro atoms. The molecule has 1 aliphatic carbocycles. The van der Waals surface area contributed by atoms with Gasteiger partial charge in [-0.15, -0.1) is 0 Å². The molecule has 4 nitrogen and oxygen atoms in total. The van der Waals surface area contributed by atoms with Crippen LogP contribution in [0, 0.1) is 11.8 Å². The van der Waals surface area contributed by atoms with Gasteiger partial charge in [0, 0.05) is 23.8 Å². The molecular formula is C13H18BrN3O. The van der Waals surface area contributed by atoms with Gasteiger partial charge in [-0.1, -0.05) is 18.1 Å². The summed E-state index contributed by atoms with van der Waals surface area (Å²) >= 11 is 3.45. The molecule has 0 bridgehead atoms. The molecule has 98 valence electrons. The van der Waals surface area contributed by atoms with Crippen LogP contribution in [0.15, 0.2) is 27.8 Å². The van der Waals surface area contributed by atoms with Crippen molar-refractivity contribution in [1.29, 1.82) is 0 Å². The van der Waals surface area contributed by atoms with Crippen LogP contribution in [0.2, 0.25) is 0 Å². The van der Waals surface area contributed by atoms with Crippen molar-refractivity contribution in [2.24, 2.45) is 22.7 Å². The molecule has 3 N–H and O–H groups in total. The van der Waals surface area contributed by atoms with E-state index in [1.165, 1.54) is 6.42 Å². The normalized spacial score (nSPS) is 22.9. The maximum Gasteiger partial charge on any atom is 0.173 e. The monoisotopic (exact) mass is 311 g/mol. The van der Waals surface area contributed by atoms with Crippen LogP contribution in [0.25, 0.3) is 0 Å². The lowest BCUT2D eigenvalue weighted by Gasteiger charge is -2.23. The smallest absolute Gasteiger partial charge is 0.173 e. The van der Waals surface area contributed by atoms with Crippen molar-refractivity contribution in [3.63, 3.8) is 0 Å². The average Bonchev–Trinajstić information content (AvgIpc) is 3.03. The van der Waals surface area contributed by atoms with E-state index < -0.39 is 0 Å². The minimum atomic E-state index is 0.133. The van der Waals surface area contributed by atoms with E-state index in [0.717, 1.165) is 34.1 Å². The van der Waals surface area contributed by atoms with E-state index >= 15 is 0 Å². The Morgan fingerprint density at radius 3 is 2.83 bits per heavy atom. The fourth-order valence-electron chi connectivity index (χ4n) is 2.24. The van der Waals surface area contributed by atoms with Gasteiger partial charge < -0.3 is 15.8 Å². The van der Waals surface area contributed by atoms with Crippen molar-refractivity contribution < 1.29 is 5.21 Å². The molecule has 2 unspecified atom stereocenters. The van der Waals surface area contributed by atoms with Crippen LogP contribution in [0.5, 0.6) is 0 Å². The number of nitrogens with zero attached hydrogens (tertiary/aromatic N) is 2. The number of benzene rings is 1. The number of oxime groups is 1. The van der Waals surface area contributed by atoms with E-state index in [0.29, 0.717) is 0 Å². The van der Waals surface area contributed by atoms with Gasteiger partial charge in [-0.05, 0) is 46.3 Å². The minimum Gasteiger partial charge on any atom is -0.409 e.